The molecule has 4 nitrogen and oxygen atoms in total. The summed E-state index contributed by atoms with van der Waals surface area (Å²) < 4.78 is 5.34. The summed E-state index contributed by atoms with van der Waals surface area (Å²) in [4.78, 5) is 13.6. The number of likely N-dealkylation sites (tertiary alicyclic amines) is 1. The molecule has 0 spiro atoms. The van der Waals surface area contributed by atoms with E-state index in [1.807, 2.05) is 20.8 Å². The van der Waals surface area contributed by atoms with Crippen molar-refractivity contribution in [2.24, 2.45) is 0 Å². The lowest BCUT2D eigenvalue weighted by molar-refractivity contribution is 0.0158. The van der Waals surface area contributed by atoms with E-state index in [-0.39, 0.29) is 18.7 Å². The van der Waals surface area contributed by atoms with Gasteiger partial charge in [-0.2, -0.15) is 0 Å². The molecule has 17 heavy (non-hydrogen) atoms. The number of carbonyl (C=O) groups excluding carboxylic acids is 1. The maximum Gasteiger partial charge on any atom is 0.411 e. The monoisotopic (exact) mass is 239 g/mol. The summed E-state index contributed by atoms with van der Waals surface area (Å²) in [6.07, 6.45) is 2.58. The molecule has 1 saturated heterocycles. The summed E-state index contributed by atoms with van der Waals surface area (Å²) in [5.41, 5.74) is -0.483. The zero-order valence-corrected chi connectivity index (χ0v) is 10.8. The van der Waals surface area contributed by atoms with Gasteiger partial charge in [-0.1, -0.05) is 11.8 Å². The summed E-state index contributed by atoms with van der Waals surface area (Å²) >= 11 is 0. The van der Waals surface area contributed by atoms with Gasteiger partial charge in [0, 0.05) is 6.54 Å². The van der Waals surface area contributed by atoms with E-state index in [1.54, 1.807) is 4.90 Å². The van der Waals surface area contributed by atoms with Crippen molar-refractivity contribution in [3.8, 4) is 11.8 Å². The number of carbonyl (C=O) groups is 1. The van der Waals surface area contributed by atoms with Crippen molar-refractivity contribution in [2.75, 3.05) is 13.2 Å². The van der Waals surface area contributed by atoms with Crippen LogP contribution in [0, 0.1) is 11.8 Å². The first-order valence-corrected chi connectivity index (χ1v) is 6.03. The molecule has 1 aliphatic rings. The Labute approximate surface area is 103 Å². The Kier molecular flexibility index (Phi) is 4.83. The number of aliphatic hydroxyl groups is 1. The molecule has 1 aliphatic heterocycles. The molecule has 1 unspecified atom stereocenters. The Morgan fingerprint density at radius 3 is 2.76 bits per heavy atom. The van der Waals surface area contributed by atoms with Crippen molar-refractivity contribution in [1.29, 1.82) is 0 Å². The highest BCUT2D eigenvalue weighted by atomic mass is 16.6. The lowest BCUT2D eigenvalue weighted by Crippen LogP contribution is -2.45. The number of ether oxygens (including phenoxy) is 1. The Hall–Kier alpha value is -1.21. The van der Waals surface area contributed by atoms with Gasteiger partial charge in [-0.15, -0.1) is 0 Å². The van der Waals surface area contributed by atoms with Crippen molar-refractivity contribution >= 4 is 6.09 Å². The Bertz CT molecular complexity index is 322. The van der Waals surface area contributed by atoms with Crippen LogP contribution in [0.5, 0.6) is 0 Å². The summed E-state index contributed by atoms with van der Waals surface area (Å²) in [5.74, 6) is 5.53. The quantitative estimate of drug-likeness (QED) is 0.655. The minimum absolute atomic E-state index is 0.120. The highest BCUT2D eigenvalue weighted by Gasteiger charge is 2.29. The van der Waals surface area contributed by atoms with E-state index in [0.717, 1.165) is 19.3 Å². The van der Waals surface area contributed by atoms with E-state index < -0.39 is 5.60 Å². The number of nitrogens with zero attached hydrogens (tertiary/aromatic N) is 1. The number of aliphatic hydroxyl groups excluding tert-OH is 1. The normalized spacial score (nSPS) is 20.5. The van der Waals surface area contributed by atoms with Gasteiger partial charge in [0.2, 0.25) is 0 Å². The topological polar surface area (TPSA) is 49.8 Å². The molecular formula is C13H21NO3. The predicted octanol–water partition coefficient (Wildman–Crippen LogP) is 1.77. The smallest absolute Gasteiger partial charge is 0.411 e. The van der Waals surface area contributed by atoms with Crippen molar-refractivity contribution in [1.82, 2.24) is 4.90 Å². The predicted molar refractivity (Wildman–Crippen MR) is 65.4 cm³/mol. The van der Waals surface area contributed by atoms with Crippen LogP contribution in [0.1, 0.15) is 40.0 Å². The zero-order chi connectivity index (χ0) is 12.9. The molecule has 0 radical (unpaired) electrons. The number of rotatable bonds is 0. The van der Waals surface area contributed by atoms with Gasteiger partial charge in [-0.3, -0.25) is 4.90 Å². The molecule has 0 aliphatic carbocycles. The number of amides is 1. The second kappa shape index (κ2) is 5.92. The van der Waals surface area contributed by atoms with Crippen LogP contribution in [0.15, 0.2) is 0 Å². The van der Waals surface area contributed by atoms with E-state index in [2.05, 4.69) is 11.8 Å². The van der Waals surface area contributed by atoms with E-state index >= 15 is 0 Å². The SMILES string of the molecule is CC(C)(C)OC(=O)N1CCCCC1C#CCO. The molecule has 1 atom stereocenters. The minimum Gasteiger partial charge on any atom is -0.444 e. The molecule has 1 rings (SSSR count). The summed E-state index contributed by atoms with van der Waals surface area (Å²) in [7, 11) is 0. The van der Waals surface area contributed by atoms with Crippen LogP contribution in [0.3, 0.4) is 0 Å². The molecule has 0 saturated carbocycles. The average molecular weight is 239 g/mol. The van der Waals surface area contributed by atoms with Crippen LogP contribution in [0.25, 0.3) is 0 Å². The third-order valence-electron chi connectivity index (χ3n) is 2.48. The minimum atomic E-state index is -0.483. The van der Waals surface area contributed by atoms with E-state index in [1.165, 1.54) is 0 Å². The summed E-state index contributed by atoms with van der Waals surface area (Å²) in [5, 5.41) is 8.70. The van der Waals surface area contributed by atoms with Gasteiger partial charge >= 0.3 is 6.09 Å². The molecule has 1 N–H and O–H groups in total. The second-order valence-electron chi connectivity index (χ2n) is 5.16. The van der Waals surface area contributed by atoms with Crippen molar-refractivity contribution in [3.63, 3.8) is 0 Å². The second-order valence-corrected chi connectivity index (χ2v) is 5.16. The van der Waals surface area contributed by atoms with Crippen molar-refractivity contribution < 1.29 is 14.6 Å². The number of hydrogen-bond donors (Lipinski definition) is 1. The summed E-state index contributed by atoms with van der Waals surface area (Å²) in [6, 6.07) is -0.120. The summed E-state index contributed by atoms with van der Waals surface area (Å²) in [6.45, 7) is 6.06. The molecule has 96 valence electrons. The van der Waals surface area contributed by atoms with E-state index in [4.69, 9.17) is 9.84 Å². The van der Waals surface area contributed by atoms with E-state index in [9.17, 15) is 4.79 Å². The van der Waals surface area contributed by atoms with Gasteiger partial charge in [0.25, 0.3) is 0 Å². The Balaban J connectivity index is 2.67. The van der Waals surface area contributed by atoms with Crippen LogP contribution >= 0.6 is 0 Å². The lowest BCUT2D eigenvalue weighted by atomic mass is 10.0. The molecular weight excluding hydrogens is 218 g/mol. The zero-order valence-electron chi connectivity index (χ0n) is 10.8. The first kappa shape index (κ1) is 13.9. The van der Waals surface area contributed by atoms with Crippen LogP contribution < -0.4 is 0 Å². The molecule has 0 aromatic heterocycles. The Morgan fingerprint density at radius 1 is 1.47 bits per heavy atom. The average Bonchev–Trinajstić information content (AvgIpc) is 2.24. The molecule has 1 fully saturated rings. The standard InChI is InChI=1S/C13H21NO3/c1-13(2,3)17-12(16)14-9-5-4-7-11(14)8-6-10-15/h11,15H,4-5,7,9-10H2,1-3H3. The van der Waals surface area contributed by atoms with Gasteiger partial charge in [0.1, 0.15) is 12.2 Å². The first-order valence-electron chi connectivity index (χ1n) is 6.03. The van der Waals surface area contributed by atoms with Crippen LogP contribution in [-0.2, 0) is 4.74 Å². The third kappa shape index (κ3) is 4.66. The molecule has 0 aromatic rings. The first-order chi connectivity index (χ1) is 7.94. The largest absolute Gasteiger partial charge is 0.444 e. The Morgan fingerprint density at radius 2 is 2.18 bits per heavy atom. The highest BCUT2D eigenvalue weighted by molar-refractivity contribution is 5.69. The maximum absolute atomic E-state index is 12.0. The van der Waals surface area contributed by atoms with Crippen LogP contribution in [0.4, 0.5) is 4.79 Å². The molecule has 4 heteroatoms. The van der Waals surface area contributed by atoms with Gasteiger partial charge in [-0.05, 0) is 40.0 Å². The molecule has 0 aromatic carbocycles. The molecule has 1 heterocycles. The fraction of sp³-hybridized carbons (Fsp3) is 0.769. The number of piperidine rings is 1. The maximum atomic E-state index is 12.0. The number of hydrogen-bond acceptors (Lipinski definition) is 3. The van der Waals surface area contributed by atoms with Crippen molar-refractivity contribution in [2.45, 2.75) is 51.7 Å². The fourth-order valence-corrected chi connectivity index (χ4v) is 1.78. The lowest BCUT2D eigenvalue weighted by Gasteiger charge is -2.34. The highest BCUT2D eigenvalue weighted by Crippen LogP contribution is 2.19. The van der Waals surface area contributed by atoms with Crippen LogP contribution in [-0.4, -0.2) is 40.9 Å². The molecule has 1 amide bonds. The van der Waals surface area contributed by atoms with Gasteiger partial charge in [-0.25, -0.2) is 4.79 Å². The molecule has 0 bridgehead atoms. The van der Waals surface area contributed by atoms with Gasteiger partial charge in [0.15, 0.2) is 0 Å². The third-order valence-corrected chi connectivity index (χ3v) is 2.48. The van der Waals surface area contributed by atoms with Gasteiger partial charge < -0.3 is 9.84 Å². The van der Waals surface area contributed by atoms with Crippen LogP contribution in [0.2, 0.25) is 0 Å². The fourth-order valence-electron chi connectivity index (χ4n) is 1.78. The van der Waals surface area contributed by atoms with Gasteiger partial charge in [0.05, 0.1) is 6.04 Å². The van der Waals surface area contributed by atoms with E-state index in [0.29, 0.717) is 6.54 Å². The van der Waals surface area contributed by atoms with Crippen molar-refractivity contribution in [3.05, 3.63) is 0 Å².